The van der Waals surface area contributed by atoms with Crippen molar-refractivity contribution in [3.63, 3.8) is 0 Å². The van der Waals surface area contributed by atoms with E-state index in [1.165, 1.54) is 0 Å². The highest BCUT2D eigenvalue weighted by Gasteiger charge is 2.46. The van der Waals surface area contributed by atoms with Gasteiger partial charge in [0.05, 0.1) is 13.1 Å². The van der Waals surface area contributed by atoms with E-state index in [9.17, 15) is 28.8 Å². The monoisotopic (exact) mass is 910 g/mol. The third-order valence-corrected chi connectivity index (χ3v) is 9.97. The molecule has 0 bridgehead atoms. The van der Waals surface area contributed by atoms with Crippen LogP contribution in [-0.2, 0) is 70.4 Å². The van der Waals surface area contributed by atoms with Crippen LogP contribution in [0.5, 0.6) is 0 Å². The predicted octanol–water partition coefficient (Wildman–Crippen LogP) is 6.82. The molecule has 2 atom stereocenters. The van der Waals surface area contributed by atoms with Crippen LogP contribution in [-0.4, -0.2) is 130 Å². The summed E-state index contributed by atoms with van der Waals surface area (Å²) < 4.78 is 34.7. The summed E-state index contributed by atoms with van der Waals surface area (Å²) in [5.74, 6) is -3.41. The van der Waals surface area contributed by atoms with Crippen LogP contribution in [0.25, 0.3) is 0 Å². The Morgan fingerprint density at radius 2 is 0.846 bits per heavy atom. The molecule has 65 heavy (non-hydrogen) atoms. The second-order valence-corrected chi connectivity index (χ2v) is 20.9. The van der Waals surface area contributed by atoms with Gasteiger partial charge in [0, 0.05) is 44.6 Å². The van der Waals surface area contributed by atoms with Crippen molar-refractivity contribution in [2.24, 2.45) is 0 Å². The number of hydrogen-bond donors (Lipinski definition) is 0. The summed E-state index contributed by atoms with van der Waals surface area (Å²) in [6.45, 7) is 22.7. The van der Waals surface area contributed by atoms with E-state index in [0.717, 1.165) is 11.1 Å². The predicted molar refractivity (Wildman–Crippen MR) is 245 cm³/mol. The molecule has 1 fully saturated rings. The van der Waals surface area contributed by atoms with Crippen LogP contribution in [0.15, 0.2) is 60.7 Å². The summed E-state index contributed by atoms with van der Waals surface area (Å²) >= 11 is 0. The van der Waals surface area contributed by atoms with Crippen molar-refractivity contribution in [1.29, 1.82) is 0 Å². The number of carbonyl (C=O) groups excluding carboxylic acids is 6. The number of ether oxygens (including phenoxy) is 6. The van der Waals surface area contributed by atoms with Gasteiger partial charge < -0.3 is 28.4 Å². The minimum Gasteiger partial charge on any atom is -0.461 e. The number of esters is 6. The molecule has 0 saturated carbocycles. The summed E-state index contributed by atoms with van der Waals surface area (Å²) in [4.78, 5) is 88.1. The van der Waals surface area contributed by atoms with E-state index in [0.29, 0.717) is 0 Å². The molecule has 0 radical (unpaired) electrons. The van der Waals surface area contributed by atoms with Crippen LogP contribution in [0.3, 0.4) is 0 Å². The normalized spacial score (nSPS) is 16.1. The average Bonchev–Trinajstić information content (AvgIpc) is 3.33. The quantitative estimate of drug-likeness (QED) is 0.106. The zero-order chi connectivity index (χ0) is 48.8. The molecule has 1 saturated heterocycles. The zero-order valence-corrected chi connectivity index (χ0v) is 41.2. The third kappa shape index (κ3) is 20.9. The molecular weight excluding hydrogens is 835 g/mol. The molecule has 362 valence electrons. The van der Waals surface area contributed by atoms with Gasteiger partial charge in [-0.15, -0.1) is 0 Å². The lowest BCUT2D eigenvalue weighted by molar-refractivity contribution is -0.168. The molecule has 0 unspecified atom stereocenters. The molecule has 3 rings (SSSR count). The van der Waals surface area contributed by atoms with Crippen LogP contribution in [0.4, 0.5) is 0 Å². The Hall–Kier alpha value is -4.86. The van der Waals surface area contributed by atoms with E-state index in [1.807, 2.05) is 77.4 Å². The molecule has 1 heterocycles. The highest BCUT2D eigenvalue weighted by Crippen LogP contribution is 2.29. The Labute approximate surface area is 386 Å². The molecule has 15 heteroatoms. The first-order valence-electron chi connectivity index (χ1n) is 22.5. The Bertz CT molecular complexity index is 1750. The number of benzene rings is 2. The van der Waals surface area contributed by atoms with E-state index < -0.39 is 75.8 Å². The molecule has 0 aromatic heterocycles. The largest absolute Gasteiger partial charge is 0.461 e. The van der Waals surface area contributed by atoms with Gasteiger partial charge in [-0.1, -0.05) is 60.7 Å². The Balaban J connectivity index is 2.13. The first kappa shape index (κ1) is 54.5. The van der Waals surface area contributed by atoms with E-state index in [2.05, 4.69) is 0 Å². The molecule has 2 aromatic carbocycles. The number of hydrogen-bond acceptors (Lipinski definition) is 15. The topological polar surface area (TPSA) is 168 Å². The van der Waals surface area contributed by atoms with Gasteiger partial charge in [-0.05, 0) is 114 Å². The number of carbonyl (C=O) groups is 6. The standard InChI is InChI=1S/C50H75N3O12/c1-46(2,3)62-42(56)30-53(31-43(57)63-47(4,5)6)50(13)34-51(38(44(58)64-48(7,8)9)24-26-40(54)60-32-36-20-16-14-17-21-36)28-29-52(35-50)39(45(59)65-49(10,11)12)25-27-41(55)61-33-37-22-18-15-19-23-37/h14-23,38-39H,24-35H2,1-13H3/t38-,39-/m1/s1. The Kier molecular flexibility index (Phi) is 19.7. The Morgan fingerprint density at radius 1 is 0.523 bits per heavy atom. The molecule has 2 aromatic rings. The second kappa shape index (κ2) is 23.5. The van der Waals surface area contributed by atoms with E-state index >= 15 is 0 Å². The smallest absolute Gasteiger partial charge is 0.323 e. The van der Waals surface area contributed by atoms with E-state index in [1.54, 1.807) is 88.0 Å². The fourth-order valence-electron chi connectivity index (χ4n) is 7.34. The summed E-state index contributed by atoms with van der Waals surface area (Å²) in [5, 5.41) is 0. The van der Waals surface area contributed by atoms with Crippen LogP contribution in [0.2, 0.25) is 0 Å². The van der Waals surface area contributed by atoms with Crippen molar-refractivity contribution in [2.75, 3.05) is 39.3 Å². The molecule has 1 aliphatic heterocycles. The van der Waals surface area contributed by atoms with Crippen molar-refractivity contribution < 1.29 is 57.2 Å². The third-order valence-electron chi connectivity index (χ3n) is 9.97. The zero-order valence-electron chi connectivity index (χ0n) is 41.2. The summed E-state index contributed by atoms with van der Waals surface area (Å²) in [6, 6.07) is 16.5. The van der Waals surface area contributed by atoms with Gasteiger partial charge >= 0.3 is 35.8 Å². The van der Waals surface area contributed by atoms with Gasteiger partial charge in [0.15, 0.2) is 0 Å². The maximum atomic E-state index is 14.3. The van der Waals surface area contributed by atoms with Gasteiger partial charge in [0.1, 0.15) is 47.7 Å². The lowest BCUT2D eigenvalue weighted by Crippen LogP contribution is -2.62. The van der Waals surface area contributed by atoms with Crippen LogP contribution < -0.4 is 0 Å². The van der Waals surface area contributed by atoms with Gasteiger partial charge in [-0.2, -0.15) is 0 Å². The highest BCUT2D eigenvalue weighted by atomic mass is 16.6. The molecule has 0 aliphatic carbocycles. The lowest BCUT2D eigenvalue weighted by Gasteiger charge is -2.45. The van der Waals surface area contributed by atoms with Crippen LogP contribution >= 0.6 is 0 Å². The van der Waals surface area contributed by atoms with Gasteiger partial charge in [-0.25, -0.2) is 0 Å². The van der Waals surface area contributed by atoms with Crippen molar-refractivity contribution in [2.45, 2.75) is 169 Å². The van der Waals surface area contributed by atoms with Crippen molar-refractivity contribution in [3.8, 4) is 0 Å². The highest BCUT2D eigenvalue weighted by molar-refractivity contribution is 5.79. The van der Waals surface area contributed by atoms with Gasteiger partial charge in [-0.3, -0.25) is 43.5 Å². The SMILES string of the molecule is CC(C)(C)OC(=O)CN(CC(=O)OC(C)(C)C)C1(C)CN([C@H](CCC(=O)OCc2ccccc2)C(=O)OC(C)(C)C)CCN([C@H](CCC(=O)OCc2ccccc2)C(=O)OC(C)(C)C)C1. The van der Waals surface area contributed by atoms with Crippen molar-refractivity contribution >= 4 is 35.8 Å². The summed E-state index contributed by atoms with van der Waals surface area (Å²) in [6.07, 6.45) is -0.226. The number of rotatable bonds is 19. The fourth-order valence-corrected chi connectivity index (χ4v) is 7.34. The first-order chi connectivity index (χ1) is 30.0. The average molecular weight is 910 g/mol. The minimum absolute atomic E-state index is 0.0134. The summed E-state index contributed by atoms with van der Waals surface area (Å²) in [7, 11) is 0. The lowest BCUT2D eigenvalue weighted by atomic mass is 9.95. The summed E-state index contributed by atoms with van der Waals surface area (Å²) in [5.41, 5.74) is -3.08. The molecule has 0 N–H and O–H groups in total. The molecule has 0 spiro atoms. The first-order valence-corrected chi connectivity index (χ1v) is 22.5. The number of nitrogens with zero attached hydrogens (tertiary/aromatic N) is 3. The van der Waals surface area contributed by atoms with Gasteiger partial charge in [0.25, 0.3) is 0 Å². The fraction of sp³-hybridized carbons (Fsp3) is 0.640. The van der Waals surface area contributed by atoms with Crippen molar-refractivity contribution in [3.05, 3.63) is 71.8 Å². The van der Waals surface area contributed by atoms with Gasteiger partial charge in [0.2, 0.25) is 0 Å². The van der Waals surface area contributed by atoms with Crippen LogP contribution in [0.1, 0.15) is 127 Å². The maximum absolute atomic E-state index is 14.3. The molecule has 0 amide bonds. The second-order valence-electron chi connectivity index (χ2n) is 20.9. The molecule has 15 nitrogen and oxygen atoms in total. The minimum atomic E-state index is -1.22. The maximum Gasteiger partial charge on any atom is 0.323 e. The van der Waals surface area contributed by atoms with E-state index in [-0.39, 0.29) is 78.2 Å². The van der Waals surface area contributed by atoms with Crippen molar-refractivity contribution in [1.82, 2.24) is 14.7 Å². The van der Waals surface area contributed by atoms with Crippen LogP contribution in [0, 0.1) is 0 Å². The van der Waals surface area contributed by atoms with E-state index in [4.69, 9.17) is 28.4 Å². The molecular formula is C50H75N3O12. The molecule has 1 aliphatic rings. The Morgan fingerprint density at radius 3 is 1.15 bits per heavy atom.